The van der Waals surface area contributed by atoms with Crippen molar-refractivity contribution in [3.8, 4) is 0 Å². The van der Waals surface area contributed by atoms with Crippen molar-refractivity contribution < 1.29 is 0 Å². The number of piperidine rings is 1. The molecule has 3 aromatic rings. The highest BCUT2D eigenvalue weighted by Gasteiger charge is 2.15. The molecular formula is C39H60N2. The van der Waals surface area contributed by atoms with E-state index in [1.807, 2.05) is 13.1 Å². The molecule has 0 spiro atoms. The Labute approximate surface area is 254 Å². The Kier molecular flexibility index (Phi) is 15.2. The maximum absolute atomic E-state index is 4.20. The smallest absolute Gasteiger partial charge is 0.0372 e. The Morgan fingerprint density at radius 2 is 1.05 bits per heavy atom. The summed E-state index contributed by atoms with van der Waals surface area (Å²) in [6.07, 6.45) is 13.2. The number of nitrogens with zero attached hydrogens (tertiary/aromatic N) is 2. The van der Waals surface area contributed by atoms with Gasteiger partial charge < -0.3 is 4.90 Å². The Morgan fingerprint density at radius 1 is 0.585 bits per heavy atom. The second-order valence-electron chi connectivity index (χ2n) is 12.8. The van der Waals surface area contributed by atoms with E-state index in [4.69, 9.17) is 0 Å². The van der Waals surface area contributed by atoms with E-state index in [0.717, 1.165) is 11.6 Å². The normalized spacial score (nSPS) is 15.5. The van der Waals surface area contributed by atoms with Crippen molar-refractivity contribution in [1.29, 1.82) is 0 Å². The van der Waals surface area contributed by atoms with Gasteiger partial charge in [-0.1, -0.05) is 111 Å². The minimum atomic E-state index is 0. The van der Waals surface area contributed by atoms with Crippen LogP contribution in [0.4, 0.5) is 5.69 Å². The molecule has 0 radical (unpaired) electrons. The van der Waals surface area contributed by atoms with E-state index in [1.54, 1.807) is 5.56 Å². The minimum absolute atomic E-state index is 0. The van der Waals surface area contributed by atoms with Crippen LogP contribution in [0.3, 0.4) is 0 Å². The molecular weight excluding hydrogens is 496 g/mol. The quantitative estimate of drug-likeness (QED) is 0.311. The predicted molar refractivity (Wildman–Crippen MR) is 183 cm³/mol. The fourth-order valence-electron chi connectivity index (χ4n) is 5.63. The van der Waals surface area contributed by atoms with Crippen molar-refractivity contribution in [2.24, 2.45) is 0 Å². The largest absolute Gasteiger partial charge is 0.372 e. The molecule has 41 heavy (non-hydrogen) atoms. The fraction of sp³-hybridized carbons (Fsp3) is 0.564. The topological polar surface area (TPSA) is 16.1 Å². The molecule has 1 saturated heterocycles. The molecule has 1 aromatic heterocycles. The highest BCUT2D eigenvalue weighted by Crippen LogP contribution is 2.33. The summed E-state index contributed by atoms with van der Waals surface area (Å²) in [5.74, 6) is 2.74. The molecule has 1 aliphatic carbocycles. The van der Waals surface area contributed by atoms with Gasteiger partial charge in [0.05, 0.1) is 0 Å². The van der Waals surface area contributed by atoms with Crippen LogP contribution in [0.2, 0.25) is 0 Å². The molecule has 0 amide bonds. The fourth-order valence-corrected chi connectivity index (χ4v) is 5.63. The predicted octanol–water partition coefficient (Wildman–Crippen LogP) is 11.8. The van der Waals surface area contributed by atoms with Gasteiger partial charge in [-0.25, -0.2) is 0 Å². The van der Waals surface area contributed by atoms with E-state index in [-0.39, 0.29) is 7.43 Å². The zero-order valence-electron chi connectivity index (χ0n) is 26.6. The van der Waals surface area contributed by atoms with Crippen LogP contribution >= 0.6 is 0 Å². The van der Waals surface area contributed by atoms with Crippen LogP contribution in [0, 0.1) is 6.92 Å². The van der Waals surface area contributed by atoms with Crippen LogP contribution in [-0.2, 0) is 0 Å². The molecule has 226 valence electrons. The van der Waals surface area contributed by atoms with Gasteiger partial charge in [0.2, 0.25) is 0 Å². The van der Waals surface area contributed by atoms with Crippen LogP contribution in [0.1, 0.15) is 152 Å². The zero-order valence-corrected chi connectivity index (χ0v) is 26.6. The van der Waals surface area contributed by atoms with Gasteiger partial charge in [0.25, 0.3) is 0 Å². The second-order valence-corrected chi connectivity index (χ2v) is 12.8. The number of pyridine rings is 1. The Morgan fingerprint density at radius 3 is 1.51 bits per heavy atom. The van der Waals surface area contributed by atoms with Gasteiger partial charge in [0.1, 0.15) is 0 Å². The molecule has 1 saturated carbocycles. The SMILES string of the molecule is C.CC(C)c1ccc(C2CCCCC2)cc1.CC(C)c1ccc(N2CCCCC2)cc1.Cc1ccc(C(C)C)cn1. The van der Waals surface area contributed by atoms with E-state index < -0.39 is 0 Å². The summed E-state index contributed by atoms with van der Waals surface area (Å²) in [6, 6.07) is 22.6. The van der Waals surface area contributed by atoms with Crippen LogP contribution in [0.15, 0.2) is 66.9 Å². The third-order valence-corrected chi connectivity index (χ3v) is 8.56. The second kappa shape index (κ2) is 18.0. The summed E-state index contributed by atoms with van der Waals surface area (Å²) in [4.78, 5) is 6.71. The van der Waals surface area contributed by atoms with Gasteiger partial charge in [-0.2, -0.15) is 0 Å². The van der Waals surface area contributed by atoms with Gasteiger partial charge in [-0.15, -0.1) is 0 Å². The van der Waals surface area contributed by atoms with E-state index in [1.165, 1.54) is 86.8 Å². The van der Waals surface area contributed by atoms with Crippen molar-refractivity contribution in [1.82, 2.24) is 4.98 Å². The first kappa shape index (κ1) is 34.6. The minimum Gasteiger partial charge on any atom is -0.372 e. The number of hydrogen-bond donors (Lipinski definition) is 0. The standard InChI is InChI=1S/C15H22.C14H21N.C9H13N.CH4/c1-12(2)13-8-10-15(11-9-13)14-6-4-3-5-7-14;1-12(2)13-6-8-14(9-7-13)15-10-4-3-5-11-15;1-7(2)9-5-4-8(3)10-6-9;/h8-12,14H,3-7H2,1-2H3;6-9,12H,3-5,10-11H2,1-2H3;4-7H,1-3H3;1H4. The third kappa shape index (κ3) is 11.7. The summed E-state index contributed by atoms with van der Waals surface area (Å²) >= 11 is 0. The van der Waals surface area contributed by atoms with E-state index >= 15 is 0 Å². The molecule has 0 bridgehead atoms. The Balaban J connectivity index is 0.000000217. The average Bonchev–Trinajstić information content (AvgIpc) is 2.99. The highest BCUT2D eigenvalue weighted by atomic mass is 15.1. The first-order chi connectivity index (χ1) is 19.2. The molecule has 2 aromatic carbocycles. The lowest BCUT2D eigenvalue weighted by Gasteiger charge is -2.29. The molecule has 2 heteroatoms. The average molecular weight is 557 g/mol. The van der Waals surface area contributed by atoms with E-state index in [9.17, 15) is 0 Å². The number of anilines is 1. The van der Waals surface area contributed by atoms with Crippen molar-refractivity contribution in [3.05, 3.63) is 94.8 Å². The Bertz CT molecular complexity index is 1000. The maximum atomic E-state index is 4.20. The van der Waals surface area contributed by atoms with Gasteiger partial charge in [-0.3, -0.25) is 4.98 Å². The monoisotopic (exact) mass is 556 g/mol. The summed E-state index contributed by atoms with van der Waals surface area (Å²) in [7, 11) is 0. The van der Waals surface area contributed by atoms with Gasteiger partial charge in [0.15, 0.2) is 0 Å². The number of aryl methyl sites for hydroxylation is 1. The number of hydrogen-bond acceptors (Lipinski definition) is 2. The number of rotatable bonds is 5. The van der Waals surface area contributed by atoms with E-state index in [0.29, 0.717) is 17.8 Å². The molecule has 0 N–H and O–H groups in total. The van der Waals surface area contributed by atoms with Gasteiger partial charge >= 0.3 is 0 Å². The number of aromatic nitrogens is 1. The summed E-state index contributed by atoms with van der Waals surface area (Å²) in [5, 5.41) is 0. The molecule has 5 rings (SSSR count). The van der Waals surface area contributed by atoms with Crippen molar-refractivity contribution in [3.63, 3.8) is 0 Å². The van der Waals surface area contributed by atoms with Crippen LogP contribution in [0.5, 0.6) is 0 Å². The Hall–Kier alpha value is -2.61. The van der Waals surface area contributed by atoms with Crippen molar-refractivity contribution in [2.75, 3.05) is 18.0 Å². The lowest BCUT2D eigenvalue weighted by molar-refractivity contribution is 0.443. The highest BCUT2D eigenvalue weighted by molar-refractivity contribution is 5.48. The molecule has 1 aliphatic heterocycles. The zero-order chi connectivity index (χ0) is 28.9. The van der Waals surface area contributed by atoms with Crippen LogP contribution in [0.25, 0.3) is 0 Å². The van der Waals surface area contributed by atoms with Crippen LogP contribution < -0.4 is 4.90 Å². The van der Waals surface area contributed by atoms with Gasteiger partial charge in [0, 0.05) is 30.7 Å². The number of benzene rings is 2. The van der Waals surface area contributed by atoms with Gasteiger partial charge in [-0.05, 0) is 103 Å². The lowest BCUT2D eigenvalue weighted by Crippen LogP contribution is -2.29. The van der Waals surface area contributed by atoms with Crippen molar-refractivity contribution in [2.45, 2.75) is 131 Å². The third-order valence-electron chi connectivity index (χ3n) is 8.56. The first-order valence-corrected chi connectivity index (χ1v) is 16.1. The molecule has 0 unspecified atom stereocenters. The molecule has 2 aliphatic rings. The lowest BCUT2D eigenvalue weighted by atomic mass is 9.83. The van der Waals surface area contributed by atoms with E-state index in [2.05, 4.69) is 112 Å². The van der Waals surface area contributed by atoms with Crippen LogP contribution in [-0.4, -0.2) is 18.1 Å². The first-order valence-electron chi connectivity index (χ1n) is 16.1. The summed E-state index contributed by atoms with van der Waals surface area (Å²) < 4.78 is 0. The molecule has 2 nitrogen and oxygen atoms in total. The summed E-state index contributed by atoms with van der Waals surface area (Å²) in [6.45, 7) is 17.8. The molecule has 0 atom stereocenters. The van der Waals surface area contributed by atoms with Crippen molar-refractivity contribution >= 4 is 5.69 Å². The summed E-state index contributed by atoms with van der Waals surface area (Å²) in [5.41, 5.74) is 8.28. The molecule has 2 heterocycles. The maximum Gasteiger partial charge on any atom is 0.0372 e. The molecule has 2 fully saturated rings.